The summed E-state index contributed by atoms with van der Waals surface area (Å²) >= 11 is 0. The molecule has 0 radical (unpaired) electrons. The van der Waals surface area contributed by atoms with E-state index >= 15 is 0 Å². The number of ether oxygens (including phenoxy) is 4. The van der Waals surface area contributed by atoms with Gasteiger partial charge in [0.25, 0.3) is 0 Å². The minimum Gasteiger partial charge on any atom is -0.469 e. The van der Waals surface area contributed by atoms with E-state index in [-0.39, 0.29) is 11.9 Å². The van der Waals surface area contributed by atoms with Crippen LogP contribution in [0, 0.1) is 5.92 Å². The van der Waals surface area contributed by atoms with E-state index in [1.54, 1.807) is 0 Å². The fourth-order valence-corrected chi connectivity index (χ4v) is 1.50. The third-order valence-electron chi connectivity index (χ3n) is 2.32. The van der Waals surface area contributed by atoms with Crippen LogP contribution in [0.5, 0.6) is 0 Å². The summed E-state index contributed by atoms with van der Waals surface area (Å²) in [5, 5.41) is 0. The fourth-order valence-electron chi connectivity index (χ4n) is 1.50. The van der Waals surface area contributed by atoms with Crippen LogP contribution in [-0.4, -0.2) is 39.9 Å². The van der Waals surface area contributed by atoms with Crippen LogP contribution in [0.4, 0.5) is 0 Å². The van der Waals surface area contributed by atoms with Gasteiger partial charge in [0.05, 0.1) is 13.0 Å². The maximum atomic E-state index is 11.3. The monoisotopic (exact) mass is 204 g/mol. The summed E-state index contributed by atoms with van der Waals surface area (Å²) in [7, 11) is 4.45. The number of hydrogen-bond donors (Lipinski definition) is 0. The van der Waals surface area contributed by atoms with Crippen molar-refractivity contribution in [3.63, 3.8) is 0 Å². The van der Waals surface area contributed by atoms with Gasteiger partial charge in [0.1, 0.15) is 0 Å². The van der Waals surface area contributed by atoms with Crippen LogP contribution in [0.3, 0.4) is 0 Å². The molecule has 0 bridgehead atoms. The average molecular weight is 204 g/mol. The Bertz CT molecular complexity index is 182. The van der Waals surface area contributed by atoms with E-state index in [9.17, 15) is 4.79 Å². The quantitative estimate of drug-likeness (QED) is 0.628. The van der Waals surface area contributed by atoms with Gasteiger partial charge >= 0.3 is 5.97 Å². The summed E-state index contributed by atoms with van der Waals surface area (Å²) in [6, 6.07) is 0. The Morgan fingerprint density at radius 1 is 1.14 bits per heavy atom. The van der Waals surface area contributed by atoms with Crippen molar-refractivity contribution in [3.05, 3.63) is 0 Å². The van der Waals surface area contributed by atoms with Gasteiger partial charge in [0.2, 0.25) is 0 Å². The highest BCUT2D eigenvalue weighted by atomic mass is 16.8. The Morgan fingerprint density at radius 2 is 1.64 bits per heavy atom. The van der Waals surface area contributed by atoms with Crippen molar-refractivity contribution in [1.82, 2.24) is 0 Å². The third kappa shape index (κ3) is 2.67. The molecule has 0 aromatic rings. The molecule has 82 valence electrons. The van der Waals surface area contributed by atoms with Crippen LogP contribution >= 0.6 is 0 Å². The fraction of sp³-hybridized carbons (Fsp3) is 0.889. The molecule has 0 saturated carbocycles. The van der Waals surface area contributed by atoms with Crippen LogP contribution in [0.1, 0.15) is 12.8 Å². The Kier molecular flexibility index (Phi) is 4.31. The van der Waals surface area contributed by atoms with Crippen molar-refractivity contribution in [2.24, 2.45) is 5.92 Å². The molecule has 1 heterocycles. The maximum Gasteiger partial charge on any atom is 0.309 e. The maximum absolute atomic E-state index is 11.3. The molecule has 1 aliphatic heterocycles. The summed E-state index contributed by atoms with van der Waals surface area (Å²) in [4.78, 5) is 11.3. The third-order valence-corrected chi connectivity index (χ3v) is 2.32. The van der Waals surface area contributed by atoms with Crippen LogP contribution in [0.2, 0.25) is 0 Å². The molecular weight excluding hydrogens is 188 g/mol. The Morgan fingerprint density at radius 3 is 2.00 bits per heavy atom. The molecule has 5 heteroatoms. The van der Waals surface area contributed by atoms with E-state index in [0.717, 1.165) is 0 Å². The number of hydrogen-bond acceptors (Lipinski definition) is 5. The predicted molar refractivity (Wildman–Crippen MR) is 47.4 cm³/mol. The molecule has 5 nitrogen and oxygen atoms in total. The molecule has 1 aliphatic rings. The van der Waals surface area contributed by atoms with Crippen LogP contribution in [-0.2, 0) is 23.7 Å². The molecule has 0 aromatic heterocycles. The highest BCUT2D eigenvalue weighted by Gasteiger charge is 2.34. The lowest BCUT2D eigenvalue weighted by atomic mass is 9.98. The van der Waals surface area contributed by atoms with Gasteiger partial charge in [0.15, 0.2) is 12.6 Å². The van der Waals surface area contributed by atoms with E-state index in [0.29, 0.717) is 12.8 Å². The summed E-state index contributed by atoms with van der Waals surface area (Å²) in [6.07, 6.45) is 0.252. The minimum atomic E-state index is -0.391. The van der Waals surface area contributed by atoms with Gasteiger partial charge in [-0.1, -0.05) is 0 Å². The Hall–Kier alpha value is -0.650. The van der Waals surface area contributed by atoms with E-state index in [4.69, 9.17) is 14.2 Å². The van der Waals surface area contributed by atoms with Crippen LogP contribution < -0.4 is 0 Å². The zero-order chi connectivity index (χ0) is 10.6. The lowest BCUT2D eigenvalue weighted by Gasteiger charge is -2.32. The highest BCUT2D eigenvalue weighted by Crippen LogP contribution is 2.26. The van der Waals surface area contributed by atoms with Crippen LogP contribution in [0.15, 0.2) is 0 Å². The molecule has 0 aromatic carbocycles. The molecule has 2 atom stereocenters. The van der Waals surface area contributed by atoms with Crippen molar-refractivity contribution in [1.29, 1.82) is 0 Å². The number of rotatable bonds is 3. The zero-order valence-corrected chi connectivity index (χ0v) is 8.69. The van der Waals surface area contributed by atoms with Gasteiger partial charge in [-0.2, -0.15) is 0 Å². The van der Waals surface area contributed by atoms with Crippen molar-refractivity contribution in [2.75, 3.05) is 21.3 Å². The molecule has 0 N–H and O–H groups in total. The molecule has 0 aliphatic carbocycles. The predicted octanol–water partition coefficient (Wildman–Crippen LogP) is 0.531. The molecular formula is C9H16O5. The van der Waals surface area contributed by atoms with Gasteiger partial charge in [0, 0.05) is 27.1 Å². The summed E-state index contributed by atoms with van der Waals surface area (Å²) in [5.74, 6) is -0.443. The van der Waals surface area contributed by atoms with Gasteiger partial charge in [-0.25, -0.2) is 0 Å². The second-order valence-corrected chi connectivity index (χ2v) is 3.16. The lowest BCUT2D eigenvalue weighted by molar-refractivity contribution is -0.263. The largest absolute Gasteiger partial charge is 0.469 e. The number of esters is 1. The van der Waals surface area contributed by atoms with E-state index in [1.165, 1.54) is 21.3 Å². The van der Waals surface area contributed by atoms with Crippen molar-refractivity contribution < 1.29 is 23.7 Å². The SMILES string of the molecule is COC(=O)C1C[C@@H](OC)O[C@H](OC)C1. The molecule has 1 fully saturated rings. The number of methoxy groups -OCH3 is 3. The summed E-state index contributed by atoms with van der Waals surface area (Å²) < 4.78 is 20.1. The highest BCUT2D eigenvalue weighted by molar-refractivity contribution is 5.72. The smallest absolute Gasteiger partial charge is 0.309 e. The van der Waals surface area contributed by atoms with Gasteiger partial charge in [-0.15, -0.1) is 0 Å². The molecule has 14 heavy (non-hydrogen) atoms. The van der Waals surface area contributed by atoms with Gasteiger partial charge in [-0.05, 0) is 0 Å². The number of carbonyl (C=O) groups is 1. The first-order valence-corrected chi connectivity index (χ1v) is 4.50. The normalized spacial score (nSPS) is 32.6. The summed E-state index contributed by atoms with van der Waals surface area (Å²) in [5.41, 5.74) is 0. The average Bonchev–Trinajstić information content (AvgIpc) is 2.27. The summed E-state index contributed by atoms with van der Waals surface area (Å²) in [6.45, 7) is 0. The molecule has 0 amide bonds. The minimum absolute atomic E-state index is 0.205. The Balaban J connectivity index is 2.55. The topological polar surface area (TPSA) is 54.0 Å². The molecule has 1 saturated heterocycles. The zero-order valence-electron chi connectivity index (χ0n) is 8.69. The standard InChI is InChI=1S/C9H16O5/c1-11-7-4-6(9(10)13-3)5-8(12-2)14-7/h6-8H,4-5H2,1-3H3/t7-,8-/m0/s1. The second-order valence-electron chi connectivity index (χ2n) is 3.16. The van der Waals surface area contributed by atoms with Crippen molar-refractivity contribution >= 4 is 5.97 Å². The van der Waals surface area contributed by atoms with E-state index in [1.807, 2.05) is 0 Å². The van der Waals surface area contributed by atoms with E-state index in [2.05, 4.69) is 4.74 Å². The lowest BCUT2D eigenvalue weighted by Crippen LogP contribution is -2.38. The number of carbonyl (C=O) groups excluding carboxylic acids is 1. The molecule has 0 unspecified atom stereocenters. The first-order valence-electron chi connectivity index (χ1n) is 4.50. The van der Waals surface area contributed by atoms with E-state index < -0.39 is 12.6 Å². The van der Waals surface area contributed by atoms with Gasteiger partial charge < -0.3 is 18.9 Å². The molecule has 0 spiro atoms. The second kappa shape index (κ2) is 5.29. The first kappa shape index (κ1) is 11.4. The van der Waals surface area contributed by atoms with Gasteiger partial charge in [-0.3, -0.25) is 4.79 Å². The van der Waals surface area contributed by atoms with Crippen molar-refractivity contribution in [3.8, 4) is 0 Å². The molecule has 1 rings (SSSR count). The Labute approximate surface area is 83.3 Å². The first-order chi connectivity index (χ1) is 6.71. The van der Waals surface area contributed by atoms with Crippen LogP contribution in [0.25, 0.3) is 0 Å². The van der Waals surface area contributed by atoms with Crippen molar-refractivity contribution in [2.45, 2.75) is 25.4 Å².